The Hall–Kier alpha value is -2.89. The number of pyridine rings is 1. The van der Waals surface area contributed by atoms with E-state index in [2.05, 4.69) is 15.0 Å². The van der Waals surface area contributed by atoms with Gasteiger partial charge in [0.2, 0.25) is 0 Å². The lowest BCUT2D eigenvalue weighted by atomic mass is 10.1. The number of nitrogens with one attached hydrogen (secondary N) is 1. The van der Waals surface area contributed by atoms with Crippen molar-refractivity contribution in [3.8, 4) is 5.75 Å². The van der Waals surface area contributed by atoms with Crippen molar-refractivity contribution in [2.45, 2.75) is 13.8 Å². The molecule has 0 saturated heterocycles. The summed E-state index contributed by atoms with van der Waals surface area (Å²) >= 11 is 0. The highest BCUT2D eigenvalue weighted by molar-refractivity contribution is 6.06. The van der Waals surface area contributed by atoms with E-state index in [9.17, 15) is 9.59 Å². The van der Waals surface area contributed by atoms with E-state index in [4.69, 9.17) is 4.74 Å². The first-order valence-electron chi connectivity index (χ1n) is 6.98. The number of rotatable bonds is 4. The Morgan fingerprint density at radius 1 is 1.09 bits per heavy atom. The molecule has 23 heavy (non-hydrogen) atoms. The third-order valence-electron chi connectivity index (χ3n) is 3.33. The van der Waals surface area contributed by atoms with Crippen LogP contribution in [0.2, 0.25) is 0 Å². The molecule has 0 unspecified atom stereocenters. The van der Waals surface area contributed by atoms with E-state index in [1.165, 1.54) is 20.3 Å². The van der Waals surface area contributed by atoms with Crippen LogP contribution in [-0.4, -0.2) is 31.1 Å². The summed E-state index contributed by atoms with van der Waals surface area (Å²) in [5.41, 5.74) is 2.62. The average Bonchev–Trinajstić information content (AvgIpc) is 2.55. The Morgan fingerprint density at radius 2 is 1.83 bits per heavy atom. The standard InChI is InChI=1S/C17H18N2O4/c1-10-5-8-15(22-3)12(9-10)16(20)19-13-6-7-14(17(21)23-4)18-11(13)2/h5-9H,1-4H3,(H,19,20). The zero-order valence-corrected chi connectivity index (χ0v) is 13.5. The monoisotopic (exact) mass is 314 g/mol. The predicted molar refractivity (Wildman–Crippen MR) is 86.0 cm³/mol. The van der Waals surface area contributed by atoms with E-state index in [-0.39, 0.29) is 11.6 Å². The van der Waals surface area contributed by atoms with Gasteiger partial charge in [0.15, 0.2) is 0 Å². The highest BCUT2D eigenvalue weighted by Gasteiger charge is 2.15. The molecule has 1 N–H and O–H groups in total. The van der Waals surface area contributed by atoms with Gasteiger partial charge in [0.25, 0.3) is 5.91 Å². The van der Waals surface area contributed by atoms with Crippen molar-refractivity contribution in [3.05, 3.63) is 52.8 Å². The van der Waals surface area contributed by atoms with Crippen molar-refractivity contribution in [2.75, 3.05) is 19.5 Å². The highest BCUT2D eigenvalue weighted by atomic mass is 16.5. The molecule has 0 atom stereocenters. The van der Waals surface area contributed by atoms with Crippen molar-refractivity contribution in [2.24, 2.45) is 0 Å². The van der Waals surface area contributed by atoms with Gasteiger partial charge >= 0.3 is 5.97 Å². The van der Waals surface area contributed by atoms with Crippen molar-refractivity contribution in [1.29, 1.82) is 0 Å². The summed E-state index contributed by atoms with van der Waals surface area (Å²) in [6.07, 6.45) is 0. The van der Waals surface area contributed by atoms with Crippen LogP contribution in [0.15, 0.2) is 30.3 Å². The lowest BCUT2D eigenvalue weighted by Gasteiger charge is -2.12. The van der Waals surface area contributed by atoms with Crippen LogP contribution in [0.1, 0.15) is 32.1 Å². The van der Waals surface area contributed by atoms with Crippen LogP contribution in [0.3, 0.4) is 0 Å². The van der Waals surface area contributed by atoms with Crippen molar-refractivity contribution in [3.63, 3.8) is 0 Å². The summed E-state index contributed by atoms with van der Waals surface area (Å²) in [7, 11) is 2.80. The van der Waals surface area contributed by atoms with Crippen LogP contribution in [0, 0.1) is 13.8 Å². The lowest BCUT2D eigenvalue weighted by Crippen LogP contribution is -2.15. The Balaban J connectivity index is 2.27. The maximum Gasteiger partial charge on any atom is 0.356 e. The minimum absolute atomic E-state index is 0.191. The SMILES string of the molecule is COC(=O)c1ccc(NC(=O)c2cc(C)ccc2OC)c(C)n1. The second-order valence-corrected chi connectivity index (χ2v) is 4.98. The summed E-state index contributed by atoms with van der Waals surface area (Å²) in [5, 5.41) is 2.78. The summed E-state index contributed by atoms with van der Waals surface area (Å²) < 4.78 is 9.84. The molecular formula is C17H18N2O4. The number of esters is 1. The second-order valence-electron chi connectivity index (χ2n) is 4.98. The first-order chi connectivity index (χ1) is 11.0. The van der Waals surface area contributed by atoms with Gasteiger partial charge in [-0.15, -0.1) is 0 Å². The van der Waals surface area contributed by atoms with Gasteiger partial charge in [-0.25, -0.2) is 9.78 Å². The molecule has 6 heteroatoms. The van der Waals surface area contributed by atoms with Gasteiger partial charge in [0.05, 0.1) is 31.2 Å². The molecule has 0 bridgehead atoms. The molecular weight excluding hydrogens is 296 g/mol. The van der Waals surface area contributed by atoms with E-state index >= 15 is 0 Å². The largest absolute Gasteiger partial charge is 0.496 e. The first-order valence-corrected chi connectivity index (χ1v) is 6.98. The second kappa shape index (κ2) is 6.91. The third-order valence-corrected chi connectivity index (χ3v) is 3.33. The Kier molecular flexibility index (Phi) is 4.95. The molecule has 0 aliphatic carbocycles. The van der Waals surface area contributed by atoms with Gasteiger partial charge in [-0.1, -0.05) is 11.6 Å². The number of methoxy groups -OCH3 is 2. The molecule has 1 amide bonds. The van der Waals surface area contributed by atoms with Gasteiger partial charge in [0.1, 0.15) is 11.4 Å². The average molecular weight is 314 g/mol. The Labute approximate surface area is 134 Å². The smallest absolute Gasteiger partial charge is 0.356 e. The molecule has 1 aromatic carbocycles. The fraction of sp³-hybridized carbons (Fsp3) is 0.235. The first kappa shape index (κ1) is 16.5. The van der Waals surface area contributed by atoms with Crippen LogP contribution >= 0.6 is 0 Å². The summed E-state index contributed by atoms with van der Waals surface area (Å²) in [4.78, 5) is 28.0. The molecule has 6 nitrogen and oxygen atoms in total. The fourth-order valence-corrected chi connectivity index (χ4v) is 2.10. The fourth-order valence-electron chi connectivity index (χ4n) is 2.10. The highest BCUT2D eigenvalue weighted by Crippen LogP contribution is 2.22. The van der Waals surface area contributed by atoms with Gasteiger partial charge < -0.3 is 14.8 Å². The van der Waals surface area contributed by atoms with Crippen LogP contribution in [-0.2, 0) is 4.74 Å². The normalized spacial score (nSPS) is 10.1. The van der Waals surface area contributed by atoms with Crippen molar-refractivity contribution >= 4 is 17.6 Å². The predicted octanol–water partition coefficient (Wildman–Crippen LogP) is 2.75. The Bertz CT molecular complexity index is 756. The third kappa shape index (κ3) is 3.66. The number of aryl methyl sites for hydroxylation is 2. The molecule has 2 rings (SSSR count). The maximum absolute atomic E-state index is 12.5. The molecule has 0 spiro atoms. The summed E-state index contributed by atoms with van der Waals surface area (Å²) in [5.74, 6) is -0.336. The van der Waals surface area contributed by atoms with Gasteiger partial charge in [-0.05, 0) is 38.1 Å². The zero-order valence-electron chi connectivity index (χ0n) is 13.5. The number of carbonyl (C=O) groups is 2. The van der Waals surface area contributed by atoms with E-state index < -0.39 is 5.97 Å². The van der Waals surface area contributed by atoms with E-state index in [0.29, 0.717) is 22.7 Å². The van der Waals surface area contributed by atoms with E-state index in [1.54, 1.807) is 25.1 Å². The molecule has 1 heterocycles. The van der Waals surface area contributed by atoms with E-state index in [1.807, 2.05) is 13.0 Å². The van der Waals surface area contributed by atoms with Crippen molar-refractivity contribution in [1.82, 2.24) is 4.98 Å². The molecule has 0 fully saturated rings. The number of anilines is 1. The molecule has 0 saturated carbocycles. The van der Waals surface area contributed by atoms with Crippen LogP contribution in [0.4, 0.5) is 5.69 Å². The van der Waals surface area contributed by atoms with Gasteiger partial charge in [0, 0.05) is 0 Å². The number of hydrogen-bond donors (Lipinski definition) is 1. The lowest BCUT2D eigenvalue weighted by molar-refractivity contribution is 0.0593. The molecule has 0 radical (unpaired) electrons. The minimum Gasteiger partial charge on any atom is -0.496 e. The number of nitrogens with zero attached hydrogens (tertiary/aromatic N) is 1. The van der Waals surface area contributed by atoms with Crippen LogP contribution in [0.5, 0.6) is 5.75 Å². The topological polar surface area (TPSA) is 77.5 Å². The summed E-state index contributed by atoms with van der Waals surface area (Å²) in [6, 6.07) is 8.49. The number of carbonyl (C=O) groups excluding carboxylic acids is 2. The minimum atomic E-state index is -0.522. The zero-order chi connectivity index (χ0) is 17.0. The van der Waals surface area contributed by atoms with Crippen LogP contribution < -0.4 is 10.1 Å². The summed E-state index contributed by atoms with van der Waals surface area (Å²) in [6.45, 7) is 3.60. The molecule has 1 aromatic heterocycles. The number of amides is 1. The van der Waals surface area contributed by atoms with Gasteiger partial charge in [-0.2, -0.15) is 0 Å². The molecule has 2 aromatic rings. The molecule has 0 aliphatic heterocycles. The Morgan fingerprint density at radius 3 is 2.43 bits per heavy atom. The number of ether oxygens (including phenoxy) is 2. The number of aromatic nitrogens is 1. The van der Waals surface area contributed by atoms with E-state index in [0.717, 1.165) is 5.56 Å². The number of benzene rings is 1. The maximum atomic E-state index is 12.5. The van der Waals surface area contributed by atoms with Gasteiger partial charge in [-0.3, -0.25) is 4.79 Å². The van der Waals surface area contributed by atoms with Crippen LogP contribution in [0.25, 0.3) is 0 Å². The number of hydrogen-bond acceptors (Lipinski definition) is 5. The van der Waals surface area contributed by atoms with Crippen molar-refractivity contribution < 1.29 is 19.1 Å². The molecule has 0 aliphatic rings. The quantitative estimate of drug-likeness (QED) is 0.878. The molecule has 120 valence electrons.